The SMILES string of the molecule is Fc1ccc(CNCc2cc(Cl)c3c(c2)OCO3)cc1Cl. The zero-order valence-electron chi connectivity index (χ0n) is 11.0. The summed E-state index contributed by atoms with van der Waals surface area (Å²) < 4.78 is 23.6. The Morgan fingerprint density at radius 1 is 1.00 bits per heavy atom. The quantitative estimate of drug-likeness (QED) is 0.915. The molecule has 0 unspecified atom stereocenters. The number of fused-ring (bicyclic) bond motifs is 1. The molecule has 21 heavy (non-hydrogen) atoms. The van der Waals surface area contributed by atoms with E-state index >= 15 is 0 Å². The van der Waals surface area contributed by atoms with E-state index in [9.17, 15) is 4.39 Å². The van der Waals surface area contributed by atoms with E-state index in [2.05, 4.69) is 5.32 Å². The minimum Gasteiger partial charge on any atom is -0.454 e. The summed E-state index contributed by atoms with van der Waals surface area (Å²) in [7, 11) is 0. The molecular weight excluding hydrogens is 316 g/mol. The van der Waals surface area contributed by atoms with Crippen molar-refractivity contribution in [1.29, 1.82) is 0 Å². The largest absolute Gasteiger partial charge is 0.454 e. The van der Waals surface area contributed by atoms with Crippen LogP contribution in [-0.4, -0.2) is 6.79 Å². The smallest absolute Gasteiger partial charge is 0.231 e. The van der Waals surface area contributed by atoms with Crippen molar-refractivity contribution >= 4 is 23.2 Å². The second-order valence-electron chi connectivity index (χ2n) is 4.66. The Labute approximate surface area is 131 Å². The fourth-order valence-electron chi connectivity index (χ4n) is 2.12. The molecule has 0 aliphatic carbocycles. The molecule has 0 spiro atoms. The van der Waals surface area contributed by atoms with Gasteiger partial charge in [0.2, 0.25) is 6.79 Å². The van der Waals surface area contributed by atoms with E-state index in [1.165, 1.54) is 6.07 Å². The van der Waals surface area contributed by atoms with Crippen molar-refractivity contribution in [3.05, 3.63) is 57.3 Å². The average Bonchev–Trinajstić information content (AvgIpc) is 2.92. The van der Waals surface area contributed by atoms with E-state index in [0.29, 0.717) is 29.6 Å². The zero-order valence-corrected chi connectivity index (χ0v) is 12.5. The maximum atomic E-state index is 13.1. The van der Waals surface area contributed by atoms with Gasteiger partial charge in [-0.2, -0.15) is 0 Å². The van der Waals surface area contributed by atoms with Crippen molar-refractivity contribution in [1.82, 2.24) is 5.32 Å². The maximum absolute atomic E-state index is 13.1. The summed E-state index contributed by atoms with van der Waals surface area (Å²) in [6.07, 6.45) is 0. The standard InChI is InChI=1S/C15H12Cl2FNO2/c16-11-3-9(1-2-13(11)18)6-19-7-10-4-12(17)15-14(5-10)20-8-21-15/h1-5,19H,6-8H2. The van der Waals surface area contributed by atoms with Crippen LogP contribution in [0.25, 0.3) is 0 Å². The molecule has 0 aromatic heterocycles. The lowest BCUT2D eigenvalue weighted by Gasteiger charge is -2.08. The van der Waals surface area contributed by atoms with Crippen LogP contribution < -0.4 is 14.8 Å². The van der Waals surface area contributed by atoms with Gasteiger partial charge < -0.3 is 14.8 Å². The van der Waals surface area contributed by atoms with Crippen LogP contribution in [0.5, 0.6) is 11.5 Å². The Hall–Kier alpha value is -1.49. The lowest BCUT2D eigenvalue weighted by molar-refractivity contribution is 0.174. The Kier molecular flexibility index (Phi) is 4.19. The van der Waals surface area contributed by atoms with Crippen molar-refractivity contribution in [3.63, 3.8) is 0 Å². The number of hydrogen-bond donors (Lipinski definition) is 1. The molecule has 0 saturated heterocycles. The molecule has 2 aromatic rings. The Balaban J connectivity index is 1.63. The van der Waals surface area contributed by atoms with Gasteiger partial charge in [0.1, 0.15) is 5.82 Å². The summed E-state index contributed by atoms with van der Waals surface area (Å²) in [4.78, 5) is 0. The van der Waals surface area contributed by atoms with Gasteiger partial charge in [0.15, 0.2) is 11.5 Å². The number of rotatable bonds is 4. The van der Waals surface area contributed by atoms with Gasteiger partial charge in [-0.3, -0.25) is 0 Å². The van der Waals surface area contributed by atoms with Crippen LogP contribution in [-0.2, 0) is 13.1 Å². The number of halogens is 3. The molecule has 1 N–H and O–H groups in total. The van der Waals surface area contributed by atoms with Gasteiger partial charge in [-0.1, -0.05) is 29.3 Å². The second-order valence-corrected chi connectivity index (χ2v) is 5.48. The summed E-state index contributed by atoms with van der Waals surface area (Å²) in [5, 5.41) is 3.91. The van der Waals surface area contributed by atoms with Gasteiger partial charge in [0.05, 0.1) is 10.0 Å². The highest BCUT2D eigenvalue weighted by Crippen LogP contribution is 2.39. The number of ether oxygens (including phenoxy) is 2. The van der Waals surface area contributed by atoms with Crippen LogP contribution in [0.4, 0.5) is 4.39 Å². The molecule has 1 aliphatic rings. The van der Waals surface area contributed by atoms with Crippen molar-refractivity contribution in [2.24, 2.45) is 0 Å². The van der Waals surface area contributed by atoms with Crippen LogP contribution in [0.1, 0.15) is 11.1 Å². The first-order chi connectivity index (χ1) is 10.1. The monoisotopic (exact) mass is 327 g/mol. The summed E-state index contributed by atoms with van der Waals surface area (Å²) in [5.41, 5.74) is 1.89. The third-order valence-electron chi connectivity index (χ3n) is 3.13. The van der Waals surface area contributed by atoms with E-state index in [-0.39, 0.29) is 11.8 Å². The first-order valence-corrected chi connectivity index (χ1v) is 7.12. The lowest BCUT2D eigenvalue weighted by Crippen LogP contribution is -2.12. The molecule has 3 nitrogen and oxygen atoms in total. The fraction of sp³-hybridized carbons (Fsp3) is 0.200. The van der Waals surface area contributed by atoms with Crippen molar-refractivity contribution in [2.45, 2.75) is 13.1 Å². The van der Waals surface area contributed by atoms with Gasteiger partial charge in [0, 0.05) is 13.1 Å². The third kappa shape index (κ3) is 3.23. The van der Waals surface area contributed by atoms with E-state index in [4.69, 9.17) is 32.7 Å². The molecule has 0 radical (unpaired) electrons. The molecule has 0 atom stereocenters. The van der Waals surface area contributed by atoms with E-state index in [1.807, 2.05) is 12.1 Å². The molecule has 110 valence electrons. The number of hydrogen-bond acceptors (Lipinski definition) is 3. The maximum Gasteiger partial charge on any atom is 0.231 e. The van der Waals surface area contributed by atoms with E-state index in [0.717, 1.165) is 11.1 Å². The minimum absolute atomic E-state index is 0.125. The van der Waals surface area contributed by atoms with Crippen LogP contribution >= 0.6 is 23.2 Å². The molecule has 0 amide bonds. The highest BCUT2D eigenvalue weighted by Gasteiger charge is 2.18. The first-order valence-electron chi connectivity index (χ1n) is 6.36. The van der Waals surface area contributed by atoms with Crippen LogP contribution in [0.2, 0.25) is 10.0 Å². The highest BCUT2D eigenvalue weighted by atomic mass is 35.5. The summed E-state index contributed by atoms with van der Waals surface area (Å²) >= 11 is 11.9. The normalized spacial score (nSPS) is 12.7. The average molecular weight is 328 g/mol. The second kappa shape index (κ2) is 6.10. The Morgan fingerprint density at radius 3 is 2.57 bits per heavy atom. The van der Waals surface area contributed by atoms with Gasteiger partial charge in [-0.05, 0) is 35.4 Å². The molecule has 0 bridgehead atoms. The summed E-state index contributed by atoms with van der Waals surface area (Å²) in [5.74, 6) is 0.831. The third-order valence-corrected chi connectivity index (χ3v) is 3.70. The summed E-state index contributed by atoms with van der Waals surface area (Å²) in [6.45, 7) is 1.37. The highest BCUT2D eigenvalue weighted by molar-refractivity contribution is 6.32. The lowest BCUT2D eigenvalue weighted by atomic mass is 10.2. The van der Waals surface area contributed by atoms with E-state index < -0.39 is 5.82 Å². The van der Waals surface area contributed by atoms with Crippen LogP contribution in [0.15, 0.2) is 30.3 Å². The number of nitrogens with one attached hydrogen (secondary N) is 1. The predicted molar refractivity (Wildman–Crippen MR) is 79.5 cm³/mol. The molecule has 6 heteroatoms. The number of benzene rings is 2. The van der Waals surface area contributed by atoms with Crippen molar-refractivity contribution in [2.75, 3.05) is 6.79 Å². The van der Waals surface area contributed by atoms with E-state index in [1.54, 1.807) is 12.1 Å². The predicted octanol–water partition coefficient (Wildman–Crippen LogP) is 4.15. The van der Waals surface area contributed by atoms with Crippen LogP contribution in [0.3, 0.4) is 0 Å². The Morgan fingerprint density at radius 2 is 1.76 bits per heavy atom. The van der Waals surface area contributed by atoms with Gasteiger partial charge in [-0.25, -0.2) is 4.39 Å². The van der Waals surface area contributed by atoms with Gasteiger partial charge in [0.25, 0.3) is 0 Å². The van der Waals surface area contributed by atoms with Crippen molar-refractivity contribution < 1.29 is 13.9 Å². The summed E-state index contributed by atoms with van der Waals surface area (Å²) in [6, 6.07) is 8.38. The van der Waals surface area contributed by atoms with Gasteiger partial charge >= 0.3 is 0 Å². The molecule has 1 heterocycles. The molecule has 2 aromatic carbocycles. The molecule has 0 fully saturated rings. The van der Waals surface area contributed by atoms with Crippen LogP contribution in [0, 0.1) is 5.82 Å². The first kappa shape index (κ1) is 14.4. The molecule has 1 aliphatic heterocycles. The van der Waals surface area contributed by atoms with Crippen molar-refractivity contribution in [3.8, 4) is 11.5 Å². The molecular formula is C15H12Cl2FNO2. The topological polar surface area (TPSA) is 30.5 Å². The molecule has 3 rings (SSSR count). The fourth-order valence-corrected chi connectivity index (χ4v) is 2.61. The zero-order chi connectivity index (χ0) is 14.8. The molecule has 0 saturated carbocycles. The minimum atomic E-state index is -0.414. The van der Waals surface area contributed by atoms with Gasteiger partial charge in [-0.15, -0.1) is 0 Å². The Bertz CT molecular complexity index is 679.